The van der Waals surface area contributed by atoms with Crippen LogP contribution in [0, 0.1) is 0 Å². The molecule has 0 aromatic heterocycles. The fraction of sp³-hybridized carbons (Fsp3) is 0.211. The quantitative estimate of drug-likeness (QED) is 0.774. The molecule has 1 aliphatic rings. The van der Waals surface area contributed by atoms with Crippen LogP contribution in [-0.4, -0.2) is 35.5 Å². The van der Waals surface area contributed by atoms with E-state index in [1.54, 1.807) is 24.3 Å². The Bertz CT molecular complexity index is 830. The molecular formula is C19H18N2O5. The summed E-state index contributed by atoms with van der Waals surface area (Å²) in [6, 6.07) is 12.1. The number of rotatable bonds is 6. The van der Waals surface area contributed by atoms with E-state index in [1.807, 2.05) is 6.92 Å². The molecule has 0 spiro atoms. The highest BCUT2D eigenvalue weighted by Crippen LogP contribution is 2.26. The molecule has 7 nitrogen and oxygen atoms in total. The number of hydrogen-bond donors (Lipinski definition) is 2. The Morgan fingerprint density at radius 3 is 2.38 bits per heavy atom. The number of anilines is 2. The summed E-state index contributed by atoms with van der Waals surface area (Å²) in [6.07, 6.45) is 0.0345. The predicted octanol–water partition coefficient (Wildman–Crippen LogP) is 2.53. The average Bonchev–Trinajstić information content (AvgIpc) is 2.90. The van der Waals surface area contributed by atoms with Crippen molar-refractivity contribution in [1.29, 1.82) is 0 Å². The second-order valence-corrected chi connectivity index (χ2v) is 5.78. The first-order valence-electron chi connectivity index (χ1n) is 8.19. The average molecular weight is 354 g/mol. The van der Waals surface area contributed by atoms with Crippen LogP contribution in [0.1, 0.15) is 23.7 Å². The molecular weight excluding hydrogens is 336 g/mol. The third kappa shape index (κ3) is 3.51. The zero-order valence-electron chi connectivity index (χ0n) is 14.1. The van der Waals surface area contributed by atoms with Crippen LogP contribution in [0.4, 0.5) is 11.4 Å². The minimum Gasteiger partial charge on any atom is -0.494 e. The number of carboxylic acids is 1. The summed E-state index contributed by atoms with van der Waals surface area (Å²) in [7, 11) is 0. The van der Waals surface area contributed by atoms with Crippen molar-refractivity contribution in [1.82, 2.24) is 0 Å². The predicted molar refractivity (Wildman–Crippen MR) is 95.5 cm³/mol. The number of carbonyl (C=O) groups excluding carboxylic acids is 2. The van der Waals surface area contributed by atoms with Crippen LogP contribution >= 0.6 is 0 Å². The van der Waals surface area contributed by atoms with Gasteiger partial charge in [-0.25, -0.2) is 9.69 Å². The van der Waals surface area contributed by atoms with Crippen molar-refractivity contribution in [3.05, 3.63) is 54.1 Å². The molecule has 26 heavy (non-hydrogen) atoms. The van der Waals surface area contributed by atoms with Gasteiger partial charge in [-0.3, -0.25) is 9.59 Å². The maximum atomic E-state index is 12.6. The molecule has 2 amide bonds. The van der Waals surface area contributed by atoms with E-state index in [4.69, 9.17) is 9.84 Å². The third-order valence-electron chi connectivity index (χ3n) is 4.03. The number of nitrogens with one attached hydrogen (secondary N) is 1. The standard InChI is InChI=1S/C19H18N2O5/c1-2-26-15-9-5-13(6-10-15)20-16-11-17(22)21(18(16)23)14-7-3-12(4-8-14)19(24)25/h3-10,16,20H,2,11H2,1H3,(H,24,25)/t16-/m1/s1. The second kappa shape index (κ2) is 7.26. The number of carboxylic acid groups (broad SMARTS) is 1. The zero-order chi connectivity index (χ0) is 18.7. The van der Waals surface area contributed by atoms with Crippen LogP contribution in [0.2, 0.25) is 0 Å². The lowest BCUT2D eigenvalue weighted by Crippen LogP contribution is -2.34. The second-order valence-electron chi connectivity index (χ2n) is 5.78. The highest BCUT2D eigenvalue weighted by molar-refractivity contribution is 6.23. The van der Waals surface area contributed by atoms with Crippen molar-refractivity contribution >= 4 is 29.2 Å². The minimum absolute atomic E-state index is 0.0345. The number of imide groups is 1. The molecule has 0 aliphatic carbocycles. The summed E-state index contributed by atoms with van der Waals surface area (Å²) in [5.74, 6) is -1.04. The maximum Gasteiger partial charge on any atom is 0.335 e. The number of hydrogen-bond acceptors (Lipinski definition) is 5. The molecule has 0 unspecified atom stereocenters. The monoisotopic (exact) mass is 354 g/mol. The van der Waals surface area contributed by atoms with Gasteiger partial charge in [0.05, 0.1) is 24.3 Å². The lowest BCUT2D eigenvalue weighted by molar-refractivity contribution is -0.121. The highest BCUT2D eigenvalue weighted by Gasteiger charge is 2.39. The summed E-state index contributed by atoms with van der Waals surface area (Å²) in [5.41, 5.74) is 1.17. The molecule has 134 valence electrons. The van der Waals surface area contributed by atoms with Crippen molar-refractivity contribution in [3.8, 4) is 5.75 Å². The van der Waals surface area contributed by atoms with Crippen LogP contribution in [0.5, 0.6) is 5.75 Å². The molecule has 0 saturated carbocycles. The first kappa shape index (κ1) is 17.5. The molecule has 0 radical (unpaired) electrons. The van der Waals surface area contributed by atoms with Gasteiger partial charge in [0.2, 0.25) is 5.91 Å². The molecule has 7 heteroatoms. The smallest absolute Gasteiger partial charge is 0.335 e. The SMILES string of the molecule is CCOc1ccc(N[C@@H]2CC(=O)N(c3ccc(C(=O)O)cc3)C2=O)cc1. The van der Waals surface area contributed by atoms with Gasteiger partial charge < -0.3 is 15.2 Å². The van der Waals surface area contributed by atoms with E-state index < -0.39 is 12.0 Å². The Morgan fingerprint density at radius 1 is 1.15 bits per heavy atom. The summed E-state index contributed by atoms with van der Waals surface area (Å²) < 4.78 is 5.37. The van der Waals surface area contributed by atoms with Gasteiger partial charge in [0.1, 0.15) is 11.8 Å². The van der Waals surface area contributed by atoms with E-state index in [2.05, 4.69) is 5.32 Å². The van der Waals surface area contributed by atoms with Gasteiger partial charge in [0.15, 0.2) is 0 Å². The van der Waals surface area contributed by atoms with Crippen molar-refractivity contribution in [2.45, 2.75) is 19.4 Å². The van der Waals surface area contributed by atoms with Gasteiger partial charge in [0.25, 0.3) is 5.91 Å². The Morgan fingerprint density at radius 2 is 1.81 bits per heavy atom. The van der Waals surface area contributed by atoms with Crippen LogP contribution in [0.15, 0.2) is 48.5 Å². The molecule has 2 aromatic rings. The summed E-state index contributed by atoms with van der Waals surface area (Å²) in [4.78, 5) is 36.9. The fourth-order valence-electron chi connectivity index (χ4n) is 2.78. The van der Waals surface area contributed by atoms with Crippen molar-refractivity contribution < 1.29 is 24.2 Å². The highest BCUT2D eigenvalue weighted by atomic mass is 16.5. The summed E-state index contributed by atoms with van der Waals surface area (Å²) >= 11 is 0. The Labute approximate surface area is 150 Å². The van der Waals surface area contributed by atoms with Gasteiger partial charge >= 0.3 is 5.97 Å². The molecule has 0 bridgehead atoms. The molecule has 3 rings (SSSR count). The Balaban J connectivity index is 1.73. The molecule has 2 aromatic carbocycles. The van der Waals surface area contributed by atoms with Crippen molar-refractivity contribution in [3.63, 3.8) is 0 Å². The van der Waals surface area contributed by atoms with Gasteiger partial charge in [-0.05, 0) is 55.5 Å². The third-order valence-corrected chi connectivity index (χ3v) is 4.03. The maximum absolute atomic E-state index is 12.6. The van der Waals surface area contributed by atoms with Crippen LogP contribution < -0.4 is 15.0 Å². The van der Waals surface area contributed by atoms with E-state index in [1.165, 1.54) is 24.3 Å². The van der Waals surface area contributed by atoms with Crippen LogP contribution in [-0.2, 0) is 9.59 Å². The number of benzene rings is 2. The van der Waals surface area contributed by atoms with Gasteiger partial charge in [0, 0.05) is 5.69 Å². The minimum atomic E-state index is -1.06. The Kier molecular flexibility index (Phi) is 4.88. The first-order chi connectivity index (χ1) is 12.5. The Hall–Kier alpha value is -3.35. The van der Waals surface area contributed by atoms with E-state index in [-0.39, 0.29) is 23.8 Å². The van der Waals surface area contributed by atoms with E-state index in [0.29, 0.717) is 18.0 Å². The number of nitrogens with zero attached hydrogens (tertiary/aromatic N) is 1. The van der Waals surface area contributed by atoms with Crippen molar-refractivity contribution in [2.24, 2.45) is 0 Å². The van der Waals surface area contributed by atoms with Crippen molar-refractivity contribution in [2.75, 3.05) is 16.8 Å². The summed E-state index contributed by atoms with van der Waals surface area (Å²) in [6.45, 7) is 2.46. The zero-order valence-corrected chi connectivity index (χ0v) is 14.1. The lowest BCUT2D eigenvalue weighted by atomic mass is 10.2. The topological polar surface area (TPSA) is 95.9 Å². The number of carbonyl (C=O) groups is 3. The molecule has 1 fully saturated rings. The van der Waals surface area contributed by atoms with E-state index in [9.17, 15) is 14.4 Å². The van der Waals surface area contributed by atoms with E-state index >= 15 is 0 Å². The lowest BCUT2D eigenvalue weighted by Gasteiger charge is -2.16. The number of aromatic carboxylic acids is 1. The molecule has 2 N–H and O–H groups in total. The van der Waals surface area contributed by atoms with Gasteiger partial charge in [-0.15, -0.1) is 0 Å². The fourth-order valence-corrected chi connectivity index (χ4v) is 2.78. The largest absolute Gasteiger partial charge is 0.494 e. The molecule has 1 atom stereocenters. The molecule has 1 heterocycles. The van der Waals surface area contributed by atoms with Gasteiger partial charge in [-0.2, -0.15) is 0 Å². The molecule has 1 saturated heterocycles. The van der Waals surface area contributed by atoms with Crippen LogP contribution in [0.3, 0.4) is 0 Å². The summed E-state index contributed by atoms with van der Waals surface area (Å²) in [5, 5.41) is 12.0. The molecule has 1 aliphatic heterocycles. The van der Waals surface area contributed by atoms with Gasteiger partial charge in [-0.1, -0.05) is 0 Å². The number of ether oxygens (including phenoxy) is 1. The van der Waals surface area contributed by atoms with E-state index in [0.717, 1.165) is 10.6 Å². The van der Waals surface area contributed by atoms with Crippen LogP contribution in [0.25, 0.3) is 0 Å². The first-order valence-corrected chi connectivity index (χ1v) is 8.19. The number of amides is 2. The normalized spacial score (nSPS) is 16.7.